The summed E-state index contributed by atoms with van der Waals surface area (Å²) < 4.78 is 0. The van der Waals surface area contributed by atoms with E-state index >= 15 is 0 Å². The lowest BCUT2D eigenvalue weighted by molar-refractivity contribution is 0.0951. The maximum Gasteiger partial charge on any atom is 0.252 e. The quantitative estimate of drug-likeness (QED) is 0.853. The van der Waals surface area contributed by atoms with Crippen molar-refractivity contribution in [2.24, 2.45) is 0 Å². The van der Waals surface area contributed by atoms with E-state index in [0.717, 1.165) is 16.2 Å². The van der Waals surface area contributed by atoms with E-state index in [-0.39, 0.29) is 12.5 Å². The van der Waals surface area contributed by atoms with E-state index in [0.29, 0.717) is 12.1 Å². The number of nitrogens with one attached hydrogen (secondary N) is 1. The molecule has 0 saturated carbocycles. The zero-order chi connectivity index (χ0) is 14.4. The van der Waals surface area contributed by atoms with Crippen LogP contribution >= 0.6 is 22.7 Å². The number of amides is 1. The largest absolute Gasteiger partial charge is 0.384 e. The molecule has 20 heavy (non-hydrogen) atoms. The van der Waals surface area contributed by atoms with Crippen LogP contribution in [0.4, 0.5) is 0 Å². The predicted octanol–water partition coefficient (Wildman–Crippen LogP) is 2.65. The third-order valence-electron chi connectivity index (χ3n) is 2.64. The molecule has 0 spiro atoms. The summed E-state index contributed by atoms with van der Waals surface area (Å²) in [4.78, 5) is 15.3. The second kappa shape index (κ2) is 7.25. The third-order valence-corrected chi connectivity index (χ3v) is 4.72. The van der Waals surface area contributed by atoms with Crippen molar-refractivity contribution in [3.8, 4) is 11.8 Å². The van der Waals surface area contributed by atoms with Gasteiger partial charge >= 0.3 is 0 Å². The third kappa shape index (κ3) is 3.94. The summed E-state index contributed by atoms with van der Waals surface area (Å²) in [5.74, 6) is 5.27. The highest BCUT2D eigenvalue weighted by atomic mass is 32.1. The molecule has 5 heteroatoms. The van der Waals surface area contributed by atoms with Gasteiger partial charge in [0.2, 0.25) is 0 Å². The summed E-state index contributed by atoms with van der Waals surface area (Å²) in [6, 6.07) is 5.89. The average molecular weight is 305 g/mol. The van der Waals surface area contributed by atoms with Gasteiger partial charge in [-0.15, -0.1) is 22.7 Å². The molecule has 0 aromatic carbocycles. The highest BCUT2D eigenvalue weighted by Crippen LogP contribution is 2.17. The molecule has 2 rings (SSSR count). The van der Waals surface area contributed by atoms with E-state index < -0.39 is 0 Å². The van der Waals surface area contributed by atoms with Gasteiger partial charge in [0, 0.05) is 15.1 Å². The number of aliphatic hydroxyl groups is 1. The van der Waals surface area contributed by atoms with Crippen LogP contribution in [0.1, 0.15) is 31.9 Å². The van der Waals surface area contributed by atoms with Crippen LogP contribution in [0.2, 0.25) is 0 Å². The Labute approximate surface area is 126 Å². The lowest BCUT2D eigenvalue weighted by atomic mass is 10.3. The number of thiophene rings is 2. The van der Waals surface area contributed by atoms with Crippen LogP contribution in [0.15, 0.2) is 23.6 Å². The van der Waals surface area contributed by atoms with Gasteiger partial charge in [-0.3, -0.25) is 4.79 Å². The van der Waals surface area contributed by atoms with Gasteiger partial charge in [-0.2, -0.15) is 0 Å². The van der Waals surface area contributed by atoms with Crippen molar-refractivity contribution < 1.29 is 9.90 Å². The second-order valence-corrected chi connectivity index (χ2v) is 6.23. The molecule has 104 valence electrons. The first-order chi connectivity index (χ1) is 9.72. The molecule has 0 unspecified atom stereocenters. The number of aliphatic hydroxyl groups excluding tert-OH is 1. The van der Waals surface area contributed by atoms with Gasteiger partial charge in [-0.05, 0) is 24.6 Å². The number of aryl methyl sites for hydroxylation is 1. The van der Waals surface area contributed by atoms with Crippen molar-refractivity contribution in [1.82, 2.24) is 5.32 Å². The number of carbonyl (C=O) groups excluding carboxylic acids is 1. The summed E-state index contributed by atoms with van der Waals surface area (Å²) in [6.45, 7) is 2.50. The molecule has 0 saturated heterocycles. The molecular weight excluding hydrogens is 290 g/mol. The first-order valence-corrected chi connectivity index (χ1v) is 7.96. The van der Waals surface area contributed by atoms with Crippen LogP contribution in [0, 0.1) is 11.8 Å². The lowest BCUT2D eigenvalue weighted by Crippen LogP contribution is -2.21. The minimum absolute atomic E-state index is 0.0928. The van der Waals surface area contributed by atoms with Gasteiger partial charge in [-0.1, -0.05) is 18.8 Å². The summed E-state index contributed by atoms with van der Waals surface area (Å²) in [6.07, 6.45) is 1.02. The van der Waals surface area contributed by atoms with E-state index in [2.05, 4.69) is 36.2 Å². The van der Waals surface area contributed by atoms with Gasteiger partial charge in [0.25, 0.3) is 5.91 Å². The SMILES string of the molecule is CCc1ccc(CNC(=O)c2csc(C#CCO)c2)s1. The Morgan fingerprint density at radius 3 is 2.90 bits per heavy atom. The van der Waals surface area contributed by atoms with Gasteiger partial charge in [-0.25, -0.2) is 0 Å². The Morgan fingerprint density at radius 2 is 2.20 bits per heavy atom. The van der Waals surface area contributed by atoms with Gasteiger partial charge in [0.1, 0.15) is 6.61 Å². The minimum Gasteiger partial charge on any atom is -0.384 e. The summed E-state index contributed by atoms with van der Waals surface area (Å²) >= 11 is 3.13. The van der Waals surface area contributed by atoms with E-state index in [9.17, 15) is 4.79 Å². The van der Waals surface area contributed by atoms with Crippen molar-refractivity contribution in [1.29, 1.82) is 0 Å². The van der Waals surface area contributed by atoms with Crippen LogP contribution in [0.25, 0.3) is 0 Å². The molecule has 0 bridgehead atoms. The summed E-state index contributed by atoms with van der Waals surface area (Å²) in [5.41, 5.74) is 0.615. The van der Waals surface area contributed by atoms with E-state index in [1.54, 1.807) is 22.8 Å². The molecule has 0 atom stereocenters. The molecule has 2 aromatic heterocycles. The fourth-order valence-corrected chi connectivity index (χ4v) is 3.28. The van der Waals surface area contributed by atoms with Crippen LogP contribution in [-0.2, 0) is 13.0 Å². The molecular formula is C15H15NO2S2. The molecule has 2 aromatic rings. The Hall–Kier alpha value is -1.61. The highest BCUT2D eigenvalue weighted by Gasteiger charge is 2.08. The molecule has 1 amide bonds. The van der Waals surface area contributed by atoms with Crippen molar-refractivity contribution in [3.05, 3.63) is 43.8 Å². The Morgan fingerprint density at radius 1 is 1.40 bits per heavy atom. The molecule has 2 N–H and O–H groups in total. The van der Waals surface area contributed by atoms with Crippen LogP contribution in [-0.4, -0.2) is 17.6 Å². The van der Waals surface area contributed by atoms with Crippen molar-refractivity contribution >= 4 is 28.6 Å². The Bertz CT molecular complexity index is 646. The Kier molecular flexibility index (Phi) is 5.36. The Balaban J connectivity index is 1.92. The first-order valence-electron chi connectivity index (χ1n) is 6.27. The summed E-state index contributed by atoms with van der Waals surface area (Å²) in [7, 11) is 0. The van der Waals surface area contributed by atoms with E-state index in [4.69, 9.17) is 5.11 Å². The topological polar surface area (TPSA) is 49.3 Å². The fourth-order valence-electron chi connectivity index (χ4n) is 1.62. The molecule has 0 radical (unpaired) electrons. The molecule has 3 nitrogen and oxygen atoms in total. The maximum absolute atomic E-state index is 12.0. The van der Waals surface area contributed by atoms with Gasteiger partial charge < -0.3 is 10.4 Å². The number of hydrogen-bond acceptors (Lipinski definition) is 4. The van der Waals surface area contributed by atoms with Gasteiger partial charge in [0.15, 0.2) is 0 Å². The first kappa shape index (κ1) is 14.8. The van der Waals surface area contributed by atoms with Gasteiger partial charge in [0.05, 0.1) is 17.0 Å². The normalized spacial score (nSPS) is 9.90. The predicted molar refractivity (Wildman–Crippen MR) is 83.2 cm³/mol. The van der Waals surface area contributed by atoms with Crippen molar-refractivity contribution in [3.63, 3.8) is 0 Å². The van der Waals surface area contributed by atoms with Crippen LogP contribution in [0.5, 0.6) is 0 Å². The molecule has 0 aliphatic carbocycles. The van der Waals surface area contributed by atoms with Crippen LogP contribution in [0.3, 0.4) is 0 Å². The average Bonchev–Trinajstić information content (AvgIpc) is 3.11. The van der Waals surface area contributed by atoms with Crippen molar-refractivity contribution in [2.75, 3.05) is 6.61 Å². The zero-order valence-corrected chi connectivity index (χ0v) is 12.7. The zero-order valence-electron chi connectivity index (χ0n) is 11.1. The highest BCUT2D eigenvalue weighted by molar-refractivity contribution is 7.12. The molecule has 0 aliphatic rings. The summed E-state index contributed by atoms with van der Waals surface area (Å²) in [5, 5.41) is 13.3. The van der Waals surface area contributed by atoms with Crippen molar-refractivity contribution in [2.45, 2.75) is 19.9 Å². The molecule has 0 fully saturated rings. The second-order valence-electron chi connectivity index (χ2n) is 4.06. The number of carbonyl (C=O) groups is 1. The number of rotatable bonds is 4. The standard InChI is InChI=1S/C15H15NO2S2/c1-2-12-5-6-14(20-12)9-16-15(18)11-8-13(19-10-11)4-3-7-17/h5-6,8,10,17H,2,7,9H2,1H3,(H,16,18). The van der Waals surface area contributed by atoms with Crippen LogP contribution < -0.4 is 5.32 Å². The smallest absolute Gasteiger partial charge is 0.252 e. The van der Waals surface area contributed by atoms with E-state index in [1.807, 2.05) is 0 Å². The molecule has 0 aliphatic heterocycles. The monoisotopic (exact) mass is 305 g/mol. The fraction of sp³-hybridized carbons (Fsp3) is 0.267. The maximum atomic E-state index is 12.0. The molecule has 2 heterocycles. The lowest BCUT2D eigenvalue weighted by Gasteiger charge is -2.00. The number of hydrogen-bond donors (Lipinski definition) is 2. The van der Waals surface area contributed by atoms with E-state index in [1.165, 1.54) is 16.2 Å². The minimum atomic E-state index is -0.169.